The van der Waals surface area contributed by atoms with Gasteiger partial charge in [-0.2, -0.15) is 0 Å². The Labute approximate surface area is 178 Å². The molecule has 0 aromatic carbocycles. The first-order valence-corrected chi connectivity index (χ1v) is 13.9. The Morgan fingerprint density at radius 3 is 1.43 bits per heavy atom. The number of hydrogen-bond acceptors (Lipinski definition) is 0. The maximum absolute atomic E-state index is 2.52. The minimum atomic E-state index is 1.05. The van der Waals surface area contributed by atoms with Crippen LogP contribution in [0.1, 0.15) is 148 Å². The Morgan fingerprint density at radius 2 is 1.00 bits per heavy atom. The third-order valence-electron chi connectivity index (χ3n) is 9.16. The Morgan fingerprint density at radius 1 is 0.571 bits per heavy atom. The molecular formula is C28H52. The second-order valence-electron chi connectivity index (χ2n) is 11.1. The zero-order valence-electron chi connectivity index (χ0n) is 19.4. The van der Waals surface area contributed by atoms with Crippen LogP contribution >= 0.6 is 0 Å². The number of rotatable bonds is 11. The van der Waals surface area contributed by atoms with Crippen molar-refractivity contribution < 1.29 is 0 Å². The fourth-order valence-electron chi connectivity index (χ4n) is 7.48. The molecule has 1 unspecified atom stereocenters. The molecule has 164 valence electrons. The van der Waals surface area contributed by atoms with Crippen molar-refractivity contribution in [2.24, 2.45) is 29.6 Å². The van der Waals surface area contributed by atoms with Gasteiger partial charge in [0.25, 0.3) is 0 Å². The second kappa shape index (κ2) is 13.3. The molecule has 0 aromatic rings. The molecular weight excluding hydrogens is 336 g/mol. The molecule has 3 rings (SSSR count). The smallest absolute Gasteiger partial charge is 0.0360 e. The van der Waals surface area contributed by atoms with Crippen LogP contribution in [0.2, 0.25) is 0 Å². The monoisotopic (exact) mass is 388 g/mol. The van der Waals surface area contributed by atoms with Gasteiger partial charge in [0, 0.05) is 0 Å². The van der Waals surface area contributed by atoms with Crippen molar-refractivity contribution in [2.75, 3.05) is 0 Å². The van der Waals surface area contributed by atoms with Crippen molar-refractivity contribution in [1.29, 1.82) is 0 Å². The molecule has 0 radical (unpaired) electrons. The van der Waals surface area contributed by atoms with Gasteiger partial charge in [-0.3, -0.25) is 0 Å². The quantitative estimate of drug-likeness (QED) is 0.330. The van der Waals surface area contributed by atoms with Gasteiger partial charge in [-0.15, -0.1) is 0 Å². The van der Waals surface area contributed by atoms with E-state index >= 15 is 0 Å². The SMILES string of the molecule is CCC(C1CCCCC1)C(CCCC1CCCCC1)CCCC1CCCCC1. The van der Waals surface area contributed by atoms with E-state index in [-0.39, 0.29) is 0 Å². The van der Waals surface area contributed by atoms with Crippen LogP contribution in [0.25, 0.3) is 0 Å². The zero-order chi connectivity index (χ0) is 19.4. The fraction of sp³-hybridized carbons (Fsp3) is 1.00. The summed E-state index contributed by atoms with van der Waals surface area (Å²) in [4.78, 5) is 0. The Hall–Kier alpha value is 0. The van der Waals surface area contributed by atoms with E-state index in [0.29, 0.717) is 0 Å². The Bertz CT molecular complexity index is 343. The highest BCUT2D eigenvalue weighted by Gasteiger charge is 2.29. The van der Waals surface area contributed by atoms with Crippen LogP contribution in [0.5, 0.6) is 0 Å². The van der Waals surface area contributed by atoms with Gasteiger partial charge in [0.1, 0.15) is 0 Å². The molecule has 3 aliphatic rings. The van der Waals surface area contributed by atoms with E-state index in [1.807, 2.05) is 0 Å². The molecule has 0 aliphatic heterocycles. The van der Waals surface area contributed by atoms with Crippen LogP contribution in [0.4, 0.5) is 0 Å². The first-order valence-electron chi connectivity index (χ1n) is 13.9. The topological polar surface area (TPSA) is 0 Å². The van der Waals surface area contributed by atoms with Crippen molar-refractivity contribution in [3.8, 4) is 0 Å². The molecule has 0 aromatic heterocycles. The van der Waals surface area contributed by atoms with Gasteiger partial charge in [-0.1, -0.05) is 148 Å². The van der Waals surface area contributed by atoms with E-state index in [1.54, 1.807) is 77.0 Å². The minimum absolute atomic E-state index is 1.05. The third-order valence-corrected chi connectivity index (χ3v) is 9.16. The summed E-state index contributed by atoms with van der Waals surface area (Å²) in [7, 11) is 0. The molecule has 0 heterocycles. The van der Waals surface area contributed by atoms with E-state index in [1.165, 1.54) is 64.2 Å². The summed E-state index contributed by atoms with van der Waals surface area (Å²) in [5.74, 6) is 5.36. The average molecular weight is 389 g/mol. The lowest BCUT2D eigenvalue weighted by Crippen LogP contribution is -2.26. The van der Waals surface area contributed by atoms with Crippen molar-refractivity contribution in [3.63, 3.8) is 0 Å². The molecule has 1 atom stereocenters. The molecule has 28 heavy (non-hydrogen) atoms. The molecule has 0 heteroatoms. The summed E-state index contributed by atoms with van der Waals surface area (Å²) >= 11 is 0. The summed E-state index contributed by atoms with van der Waals surface area (Å²) in [5, 5.41) is 0. The first-order chi connectivity index (χ1) is 13.9. The third kappa shape index (κ3) is 7.68. The van der Waals surface area contributed by atoms with E-state index in [0.717, 1.165) is 29.6 Å². The molecule has 0 nitrogen and oxygen atoms in total. The molecule has 0 spiro atoms. The molecule has 0 saturated heterocycles. The lowest BCUT2D eigenvalue weighted by Gasteiger charge is -2.36. The molecule has 0 bridgehead atoms. The summed E-state index contributed by atoms with van der Waals surface area (Å²) in [5.41, 5.74) is 0. The van der Waals surface area contributed by atoms with Gasteiger partial charge < -0.3 is 0 Å². The highest BCUT2D eigenvalue weighted by Crippen LogP contribution is 2.41. The summed E-state index contributed by atoms with van der Waals surface area (Å²) in [6.45, 7) is 2.52. The zero-order valence-corrected chi connectivity index (χ0v) is 19.4. The maximum Gasteiger partial charge on any atom is -0.0360 e. The maximum atomic E-state index is 2.52. The average Bonchev–Trinajstić information content (AvgIpc) is 2.76. The van der Waals surface area contributed by atoms with Crippen LogP contribution in [0.3, 0.4) is 0 Å². The lowest BCUT2D eigenvalue weighted by molar-refractivity contribution is 0.146. The van der Waals surface area contributed by atoms with E-state index < -0.39 is 0 Å². The Kier molecular flexibility index (Phi) is 10.8. The van der Waals surface area contributed by atoms with E-state index in [9.17, 15) is 0 Å². The normalized spacial score (nSPS) is 24.6. The summed E-state index contributed by atoms with van der Waals surface area (Å²) in [6.07, 6.45) is 33.8. The predicted octanol–water partition coefficient (Wildman–Crippen LogP) is 9.71. The van der Waals surface area contributed by atoms with Gasteiger partial charge in [0.05, 0.1) is 0 Å². The van der Waals surface area contributed by atoms with Gasteiger partial charge in [-0.25, -0.2) is 0 Å². The number of hydrogen-bond donors (Lipinski definition) is 0. The highest BCUT2D eigenvalue weighted by molar-refractivity contribution is 4.80. The van der Waals surface area contributed by atoms with Crippen LogP contribution in [-0.4, -0.2) is 0 Å². The highest BCUT2D eigenvalue weighted by atomic mass is 14.3. The van der Waals surface area contributed by atoms with Crippen molar-refractivity contribution in [2.45, 2.75) is 148 Å². The van der Waals surface area contributed by atoms with Crippen LogP contribution in [0.15, 0.2) is 0 Å². The predicted molar refractivity (Wildman–Crippen MR) is 125 cm³/mol. The minimum Gasteiger partial charge on any atom is -0.0651 e. The van der Waals surface area contributed by atoms with Crippen LogP contribution in [0, 0.1) is 29.6 Å². The van der Waals surface area contributed by atoms with Gasteiger partial charge in [-0.05, 0) is 29.6 Å². The van der Waals surface area contributed by atoms with Crippen molar-refractivity contribution in [3.05, 3.63) is 0 Å². The van der Waals surface area contributed by atoms with E-state index in [4.69, 9.17) is 0 Å². The first kappa shape index (κ1) is 22.7. The van der Waals surface area contributed by atoms with E-state index in [2.05, 4.69) is 6.92 Å². The van der Waals surface area contributed by atoms with Crippen molar-refractivity contribution in [1.82, 2.24) is 0 Å². The summed E-state index contributed by atoms with van der Waals surface area (Å²) < 4.78 is 0. The van der Waals surface area contributed by atoms with Gasteiger partial charge in [0.15, 0.2) is 0 Å². The fourth-order valence-corrected chi connectivity index (χ4v) is 7.48. The largest absolute Gasteiger partial charge is 0.0651 e. The molecule has 0 amide bonds. The van der Waals surface area contributed by atoms with Crippen LogP contribution < -0.4 is 0 Å². The summed E-state index contributed by atoms with van der Waals surface area (Å²) in [6, 6.07) is 0. The van der Waals surface area contributed by atoms with Gasteiger partial charge in [0.2, 0.25) is 0 Å². The molecule has 3 fully saturated rings. The lowest BCUT2D eigenvalue weighted by atomic mass is 9.69. The molecule has 3 saturated carbocycles. The molecule has 3 aliphatic carbocycles. The second-order valence-corrected chi connectivity index (χ2v) is 11.1. The molecule has 0 N–H and O–H groups in total. The Balaban J connectivity index is 1.47. The van der Waals surface area contributed by atoms with Crippen molar-refractivity contribution >= 4 is 0 Å². The van der Waals surface area contributed by atoms with Gasteiger partial charge >= 0.3 is 0 Å². The van der Waals surface area contributed by atoms with Crippen LogP contribution in [-0.2, 0) is 0 Å². The standard InChI is InChI=1S/C28H52/c1-2-28(26-20-10-5-11-21-26)27(22-12-18-24-14-6-3-7-15-24)23-13-19-25-16-8-4-9-17-25/h24-28H,2-23H2,1H3.